The number of nitrogens with one attached hydrogen (secondary N) is 1. The van der Waals surface area contributed by atoms with Gasteiger partial charge in [0.15, 0.2) is 0 Å². The van der Waals surface area contributed by atoms with Gasteiger partial charge in [0, 0.05) is 43.5 Å². The van der Waals surface area contributed by atoms with E-state index < -0.39 is 0 Å². The number of para-hydroxylation sites is 1. The molecule has 0 unspecified atom stereocenters. The lowest BCUT2D eigenvalue weighted by molar-refractivity contribution is 0.238. The fourth-order valence-corrected chi connectivity index (χ4v) is 3.85. The van der Waals surface area contributed by atoms with Crippen LogP contribution in [0.2, 0.25) is 0 Å². The van der Waals surface area contributed by atoms with Gasteiger partial charge >= 0.3 is 0 Å². The molecule has 2 heterocycles. The minimum absolute atomic E-state index is 0.633. The van der Waals surface area contributed by atoms with E-state index in [9.17, 15) is 0 Å². The lowest BCUT2D eigenvalue weighted by Gasteiger charge is -2.25. The second kappa shape index (κ2) is 7.12. The van der Waals surface area contributed by atoms with E-state index in [1.807, 2.05) is 0 Å². The molecule has 0 atom stereocenters. The van der Waals surface area contributed by atoms with Crippen LogP contribution < -0.4 is 4.90 Å². The van der Waals surface area contributed by atoms with Gasteiger partial charge in [-0.2, -0.15) is 0 Å². The number of aromatic nitrogens is 2. The lowest BCUT2D eigenvalue weighted by atomic mass is 10.2. The van der Waals surface area contributed by atoms with Crippen LogP contribution in [-0.2, 0) is 0 Å². The van der Waals surface area contributed by atoms with Crippen molar-refractivity contribution < 1.29 is 0 Å². The molecule has 0 amide bonds. The second-order valence-corrected chi connectivity index (χ2v) is 7.57. The zero-order valence-corrected chi connectivity index (χ0v) is 16.0. The standard InChI is InChI=1S/C22H28N4/c1-16(2)25-12-5-13-26(15-14-25)19-10-8-18(9-11-19)22-23-20-7-4-6-17(3)21(20)24-22/h4,6-11,16H,5,12-15H2,1-3H3,(H,23,24). The summed E-state index contributed by atoms with van der Waals surface area (Å²) in [6.07, 6.45) is 1.22. The number of benzene rings is 2. The van der Waals surface area contributed by atoms with Crippen molar-refractivity contribution in [3.63, 3.8) is 0 Å². The molecule has 1 aromatic heterocycles. The molecule has 0 saturated carbocycles. The molecular weight excluding hydrogens is 320 g/mol. The molecule has 4 nitrogen and oxygen atoms in total. The number of aryl methyl sites for hydroxylation is 1. The molecule has 26 heavy (non-hydrogen) atoms. The summed E-state index contributed by atoms with van der Waals surface area (Å²) in [7, 11) is 0. The van der Waals surface area contributed by atoms with Crippen LogP contribution in [0, 0.1) is 6.92 Å². The van der Waals surface area contributed by atoms with Gasteiger partial charge in [-0.05, 0) is 63.1 Å². The maximum Gasteiger partial charge on any atom is 0.138 e. The van der Waals surface area contributed by atoms with Crippen molar-refractivity contribution in [3.8, 4) is 11.4 Å². The van der Waals surface area contributed by atoms with Crippen molar-refractivity contribution in [2.75, 3.05) is 31.1 Å². The minimum atomic E-state index is 0.633. The van der Waals surface area contributed by atoms with Gasteiger partial charge in [-0.25, -0.2) is 4.98 Å². The molecule has 1 aliphatic heterocycles. The predicted molar refractivity (Wildman–Crippen MR) is 110 cm³/mol. The molecule has 0 spiro atoms. The smallest absolute Gasteiger partial charge is 0.138 e. The summed E-state index contributed by atoms with van der Waals surface area (Å²) in [5.74, 6) is 0.947. The third-order valence-electron chi connectivity index (χ3n) is 5.48. The maximum atomic E-state index is 4.79. The number of rotatable bonds is 3. The molecule has 136 valence electrons. The van der Waals surface area contributed by atoms with Crippen LogP contribution in [-0.4, -0.2) is 47.1 Å². The third-order valence-corrected chi connectivity index (χ3v) is 5.48. The fraction of sp³-hybridized carbons (Fsp3) is 0.409. The van der Waals surface area contributed by atoms with Crippen molar-refractivity contribution in [3.05, 3.63) is 48.0 Å². The van der Waals surface area contributed by atoms with Gasteiger partial charge < -0.3 is 9.88 Å². The van der Waals surface area contributed by atoms with Crippen LogP contribution >= 0.6 is 0 Å². The van der Waals surface area contributed by atoms with Crippen LogP contribution in [0.15, 0.2) is 42.5 Å². The first-order valence-corrected chi connectivity index (χ1v) is 9.66. The molecule has 0 bridgehead atoms. The summed E-state index contributed by atoms with van der Waals surface area (Å²) in [5, 5.41) is 0. The molecule has 1 N–H and O–H groups in total. The third kappa shape index (κ3) is 3.34. The van der Waals surface area contributed by atoms with Gasteiger partial charge in [-0.1, -0.05) is 12.1 Å². The Kier molecular flexibility index (Phi) is 4.68. The number of imidazole rings is 1. The largest absolute Gasteiger partial charge is 0.370 e. The van der Waals surface area contributed by atoms with Crippen molar-refractivity contribution >= 4 is 16.7 Å². The predicted octanol–water partition coefficient (Wildman–Crippen LogP) is 4.46. The first kappa shape index (κ1) is 17.1. The normalized spacial score (nSPS) is 16.4. The number of aromatic amines is 1. The van der Waals surface area contributed by atoms with Gasteiger partial charge in [0.25, 0.3) is 0 Å². The maximum absolute atomic E-state index is 4.79. The Bertz CT molecular complexity index is 879. The van der Waals surface area contributed by atoms with Crippen LogP contribution in [0.25, 0.3) is 22.4 Å². The Balaban J connectivity index is 1.53. The Morgan fingerprint density at radius 2 is 1.77 bits per heavy atom. The van der Waals surface area contributed by atoms with E-state index in [1.165, 1.54) is 24.2 Å². The summed E-state index contributed by atoms with van der Waals surface area (Å²) < 4.78 is 0. The average Bonchev–Trinajstić information content (AvgIpc) is 2.93. The SMILES string of the molecule is Cc1cccc2[nH]c(-c3ccc(N4CCCN(C(C)C)CC4)cc3)nc12. The highest BCUT2D eigenvalue weighted by Gasteiger charge is 2.17. The number of fused-ring (bicyclic) bond motifs is 1. The van der Waals surface area contributed by atoms with Crippen LogP contribution in [0.4, 0.5) is 5.69 Å². The van der Waals surface area contributed by atoms with Gasteiger partial charge in [-0.3, -0.25) is 4.90 Å². The molecule has 4 rings (SSSR count). The number of nitrogens with zero attached hydrogens (tertiary/aromatic N) is 3. The summed E-state index contributed by atoms with van der Waals surface area (Å²) in [5.41, 5.74) is 5.83. The van der Waals surface area contributed by atoms with Crippen LogP contribution in [0.1, 0.15) is 25.8 Å². The lowest BCUT2D eigenvalue weighted by Crippen LogP contribution is -2.35. The summed E-state index contributed by atoms with van der Waals surface area (Å²) in [6.45, 7) is 11.3. The van der Waals surface area contributed by atoms with E-state index in [4.69, 9.17) is 4.98 Å². The second-order valence-electron chi connectivity index (χ2n) is 7.57. The van der Waals surface area contributed by atoms with E-state index >= 15 is 0 Å². The van der Waals surface area contributed by atoms with Gasteiger partial charge in [-0.15, -0.1) is 0 Å². The van der Waals surface area contributed by atoms with E-state index in [0.29, 0.717) is 6.04 Å². The van der Waals surface area contributed by atoms with Gasteiger partial charge in [0.1, 0.15) is 5.82 Å². The monoisotopic (exact) mass is 348 g/mol. The Hall–Kier alpha value is -2.33. The van der Waals surface area contributed by atoms with E-state index in [2.05, 4.69) is 78.0 Å². The number of hydrogen-bond acceptors (Lipinski definition) is 3. The van der Waals surface area contributed by atoms with E-state index in [1.54, 1.807) is 0 Å². The molecule has 1 saturated heterocycles. The highest BCUT2D eigenvalue weighted by molar-refractivity contribution is 5.82. The minimum Gasteiger partial charge on any atom is -0.370 e. The first-order chi connectivity index (χ1) is 12.6. The summed E-state index contributed by atoms with van der Waals surface area (Å²) in [6, 6.07) is 15.7. The van der Waals surface area contributed by atoms with Crippen molar-refractivity contribution in [1.29, 1.82) is 0 Å². The number of anilines is 1. The van der Waals surface area contributed by atoms with Crippen LogP contribution in [0.3, 0.4) is 0 Å². The molecule has 2 aromatic carbocycles. The zero-order valence-electron chi connectivity index (χ0n) is 16.0. The molecule has 4 heteroatoms. The highest BCUT2D eigenvalue weighted by Crippen LogP contribution is 2.25. The quantitative estimate of drug-likeness (QED) is 0.759. The van der Waals surface area contributed by atoms with E-state index in [0.717, 1.165) is 42.1 Å². The van der Waals surface area contributed by atoms with Crippen molar-refractivity contribution in [1.82, 2.24) is 14.9 Å². The molecular formula is C22H28N4. The molecule has 3 aromatic rings. The molecule has 1 fully saturated rings. The Morgan fingerprint density at radius 3 is 2.50 bits per heavy atom. The summed E-state index contributed by atoms with van der Waals surface area (Å²) in [4.78, 5) is 13.3. The first-order valence-electron chi connectivity index (χ1n) is 9.66. The topological polar surface area (TPSA) is 35.2 Å². The zero-order chi connectivity index (χ0) is 18.1. The average molecular weight is 348 g/mol. The Labute approximate surface area is 155 Å². The molecule has 0 radical (unpaired) electrons. The fourth-order valence-electron chi connectivity index (χ4n) is 3.85. The molecule has 0 aliphatic carbocycles. The summed E-state index contributed by atoms with van der Waals surface area (Å²) >= 11 is 0. The number of hydrogen-bond donors (Lipinski definition) is 1. The van der Waals surface area contributed by atoms with Crippen molar-refractivity contribution in [2.45, 2.75) is 33.2 Å². The highest BCUT2D eigenvalue weighted by atomic mass is 15.2. The van der Waals surface area contributed by atoms with E-state index in [-0.39, 0.29) is 0 Å². The Morgan fingerprint density at radius 1 is 0.962 bits per heavy atom. The van der Waals surface area contributed by atoms with Gasteiger partial charge in [0.05, 0.1) is 11.0 Å². The van der Waals surface area contributed by atoms with Crippen molar-refractivity contribution in [2.24, 2.45) is 0 Å². The van der Waals surface area contributed by atoms with Gasteiger partial charge in [0.2, 0.25) is 0 Å². The van der Waals surface area contributed by atoms with Crippen LogP contribution in [0.5, 0.6) is 0 Å². The molecule has 1 aliphatic rings. The number of H-pyrrole nitrogens is 1.